The third-order valence-corrected chi connectivity index (χ3v) is 10.2. The summed E-state index contributed by atoms with van der Waals surface area (Å²) in [5.41, 5.74) is 2.66. The summed E-state index contributed by atoms with van der Waals surface area (Å²) in [5, 5.41) is 13.4. The molecule has 2 amide bonds. The van der Waals surface area contributed by atoms with Gasteiger partial charge in [-0.05, 0) is 36.8 Å². The summed E-state index contributed by atoms with van der Waals surface area (Å²) >= 11 is 1.55. The number of thiazole rings is 1. The second-order valence-corrected chi connectivity index (χ2v) is 14.1. The van der Waals surface area contributed by atoms with Crippen LogP contribution in [0.2, 0.25) is 0 Å². The fraction of sp³-hybridized carbons (Fsp3) is 0.538. The Balaban J connectivity index is 1.45. The van der Waals surface area contributed by atoms with Crippen LogP contribution < -0.4 is 5.32 Å². The van der Waals surface area contributed by atoms with E-state index in [-0.39, 0.29) is 31.3 Å². The lowest BCUT2D eigenvalue weighted by Crippen LogP contribution is -2.55. The van der Waals surface area contributed by atoms with Crippen LogP contribution in [0, 0.1) is 12.3 Å². The van der Waals surface area contributed by atoms with Crippen LogP contribution >= 0.6 is 11.3 Å². The molecule has 0 bridgehead atoms. The van der Waals surface area contributed by atoms with E-state index in [2.05, 4.69) is 10.3 Å². The number of aliphatic imine (C=N–C) groups is 1. The predicted octanol–water partition coefficient (Wildman–Crippen LogP) is 1.88. The number of carbonyl (C=O) groups is 2. The molecule has 0 unspecified atom stereocenters. The first-order valence-electron chi connectivity index (χ1n) is 12.6. The van der Waals surface area contributed by atoms with Gasteiger partial charge in [0.1, 0.15) is 11.9 Å². The van der Waals surface area contributed by atoms with Crippen molar-refractivity contribution in [2.24, 2.45) is 10.4 Å². The van der Waals surface area contributed by atoms with Gasteiger partial charge >= 0.3 is 0 Å². The number of likely N-dealkylation sites (tertiary alicyclic amines) is 1. The van der Waals surface area contributed by atoms with Crippen LogP contribution in [0.5, 0.6) is 0 Å². The molecule has 2 N–H and O–H groups in total. The fourth-order valence-corrected chi connectivity index (χ4v) is 7.77. The summed E-state index contributed by atoms with van der Waals surface area (Å²) in [5.74, 6) is -0.386. The molecule has 0 aliphatic carbocycles. The number of aliphatic hydroxyl groups is 1. The van der Waals surface area contributed by atoms with Crippen LogP contribution in [-0.2, 0) is 25.2 Å². The first kappa shape index (κ1) is 26.9. The molecule has 1 aromatic heterocycles. The molecule has 2 aromatic rings. The van der Waals surface area contributed by atoms with Gasteiger partial charge in [0.2, 0.25) is 15.9 Å². The Bertz CT molecular complexity index is 1420. The molecule has 4 heterocycles. The van der Waals surface area contributed by atoms with Gasteiger partial charge < -0.3 is 15.3 Å². The highest BCUT2D eigenvalue weighted by atomic mass is 32.2. The minimum atomic E-state index is -3.61. The molecule has 204 valence electrons. The number of sulfonamides is 1. The van der Waals surface area contributed by atoms with Crippen molar-refractivity contribution >= 4 is 39.0 Å². The molecular formula is C26H33N5O5S2. The molecule has 4 atom stereocenters. The number of amidine groups is 1. The molecule has 0 saturated carbocycles. The number of hydrogen-bond donors (Lipinski definition) is 2. The zero-order chi connectivity index (χ0) is 27.6. The Kier molecular flexibility index (Phi) is 6.53. The number of amides is 2. The zero-order valence-corrected chi connectivity index (χ0v) is 23.8. The van der Waals surface area contributed by atoms with Crippen molar-refractivity contribution in [1.82, 2.24) is 19.5 Å². The highest BCUT2D eigenvalue weighted by Gasteiger charge is 2.53. The number of aliphatic hydroxyl groups excluding tert-OH is 1. The van der Waals surface area contributed by atoms with Gasteiger partial charge in [-0.1, -0.05) is 38.1 Å². The van der Waals surface area contributed by atoms with E-state index < -0.39 is 39.2 Å². The second-order valence-electron chi connectivity index (χ2n) is 11.3. The molecule has 38 heavy (non-hydrogen) atoms. The van der Waals surface area contributed by atoms with Crippen molar-refractivity contribution in [3.05, 3.63) is 41.0 Å². The van der Waals surface area contributed by atoms with Crippen molar-refractivity contribution in [1.29, 1.82) is 0 Å². The van der Waals surface area contributed by atoms with E-state index in [9.17, 15) is 23.1 Å². The molecule has 12 heteroatoms. The zero-order valence-electron chi connectivity index (χ0n) is 22.1. The van der Waals surface area contributed by atoms with Gasteiger partial charge in [0.15, 0.2) is 5.54 Å². The van der Waals surface area contributed by atoms with Gasteiger partial charge in [-0.25, -0.2) is 18.4 Å². The van der Waals surface area contributed by atoms with Gasteiger partial charge in [-0.3, -0.25) is 9.59 Å². The summed E-state index contributed by atoms with van der Waals surface area (Å²) in [7, 11) is -3.61. The lowest BCUT2D eigenvalue weighted by atomic mass is 9.84. The summed E-state index contributed by atoms with van der Waals surface area (Å²) in [6.45, 7) is 7.74. The number of nitrogens with one attached hydrogen (secondary N) is 1. The van der Waals surface area contributed by atoms with Crippen molar-refractivity contribution in [3.63, 3.8) is 0 Å². The third-order valence-electron chi connectivity index (χ3n) is 8.02. The van der Waals surface area contributed by atoms with E-state index >= 15 is 0 Å². The SMILES string of the molecule is Cc1ncsc1-c1ccc([C@]2(C)N=C([C@H]3C[C@@H](O)CN3C(=O)[C@H]3N(S(C)(=O)=O)CCC3(C)C)NC2=O)cc1. The van der Waals surface area contributed by atoms with Crippen molar-refractivity contribution < 1.29 is 23.1 Å². The molecule has 5 rings (SSSR count). The Morgan fingerprint density at radius 3 is 2.50 bits per heavy atom. The van der Waals surface area contributed by atoms with E-state index in [1.165, 1.54) is 9.21 Å². The number of aryl methyl sites for hydroxylation is 1. The number of hydrogen-bond acceptors (Lipinski definition) is 8. The average Bonchev–Trinajstić information content (AvgIpc) is 3.59. The van der Waals surface area contributed by atoms with E-state index in [4.69, 9.17) is 4.99 Å². The summed E-state index contributed by atoms with van der Waals surface area (Å²) < 4.78 is 26.2. The highest BCUT2D eigenvalue weighted by Crippen LogP contribution is 2.40. The van der Waals surface area contributed by atoms with Crippen molar-refractivity contribution in [3.8, 4) is 10.4 Å². The number of carbonyl (C=O) groups excluding carboxylic acids is 2. The molecule has 10 nitrogen and oxygen atoms in total. The topological polar surface area (TPSA) is 132 Å². The number of β-amino-alcohol motifs (C(OH)–C–C–N with tert-alkyl or cyclic N) is 1. The first-order chi connectivity index (χ1) is 17.7. The number of rotatable bonds is 5. The van der Waals surface area contributed by atoms with Crippen LogP contribution in [0.25, 0.3) is 10.4 Å². The van der Waals surface area contributed by atoms with Gasteiger partial charge in [-0.2, -0.15) is 4.31 Å². The maximum absolute atomic E-state index is 13.9. The van der Waals surface area contributed by atoms with Crippen molar-refractivity contribution in [2.75, 3.05) is 19.3 Å². The highest BCUT2D eigenvalue weighted by molar-refractivity contribution is 7.88. The molecule has 1 aromatic carbocycles. The summed E-state index contributed by atoms with van der Waals surface area (Å²) in [6, 6.07) is 6.07. The Morgan fingerprint density at radius 2 is 1.89 bits per heavy atom. The van der Waals surface area contributed by atoms with E-state index in [1.54, 1.807) is 23.8 Å². The molecule has 2 fully saturated rings. The normalized spacial score (nSPS) is 29.5. The molecule has 0 radical (unpaired) electrons. The van der Waals surface area contributed by atoms with Crippen LogP contribution in [0.4, 0.5) is 0 Å². The number of nitrogens with zero attached hydrogens (tertiary/aromatic N) is 4. The average molecular weight is 560 g/mol. The van der Waals surface area contributed by atoms with E-state index in [0.717, 1.165) is 22.4 Å². The van der Waals surface area contributed by atoms with Gasteiger partial charge in [0.25, 0.3) is 5.91 Å². The fourth-order valence-electron chi connectivity index (χ4n) is 5.78. The number of benzene rings is 1. The minimum absolute atomic E-state index is 0.0438. The van der Waals surface area contributed by atoms with Gasteiger partial charge in [0, 0.05) is 19.5 Å². The minimum Gasteiger partial charge on any atom is -0.391 e. The maximum atomic E-state index is 13.9. The van der Waals surface area contributed by atoms with E-state index in [1.807, 2.05) is 45.0 Å². The smallest absolute Gasteiger partial charge is 0.257 e. The van der Waals surface area contributed by atoms with Crippen LogP contribution in [0.3, 0.4) is 0 Å². The largest absolute Gasteiger partial charge is 0.391 e. The van der Waals surface area contributed by atoms with Crippen molar-refractivity contribution in [2.45, 2.75) is 64.3 Å². The first-order valence-corrected chi connectivity index (χ1v) is 15.3. The molecule has 3 aliphatic heterocycles. The third kappa shape index (κ3) is 4.47. The summed E-state index contributed by atoms with van der Waals surface area (Å²) in [4.78, 5) is 38.7. The standard InChI is InChI=1S/C26H33N5O5S2/c1-15-20(37-14-27-15)16-6-8-17(9-7-16)26(4)24(34)28-22(29-26)19-12-18(32)13-30(19)23(33)21-25(2,3)10-11-31(21)38(5,35)36/h6-9,14,18-19,21,32H,10-13H2,1-5H3,(H,28,29,34)/t18-,19-,21-,26+/m1/s1. The van der Waals surface area contributed by atoms with Crippen LogP contribution in [0.1, 0.15) is 44.9 Å². The number of aromatic nitrogens is 1. The molecule has 3 aliphatic rings. The Labute approximate surface area is 226 Å². The molecular weight excluding hydrogens is 526 g/mol. The maximum Gasteiger partial charge on any atom is 0.257 e. The van der Waals surface area contributed by atoms with Crippen LogP contribution in [0.15, 0.2) is 34.8 Å². The lowest BCUT2D eigenvalue weighted by molar-refractivity contribution is -0.137. The monoisotopic (exact) mass is 559 g/mol. The Morgan fingerprint density at radius 1 is 1.21 bits per heavy atom. The van der Waals surface area contributed by atoms with Gasteiger partial charge in [-0.15, -0.1) is 11.3 Å². The van der Waals surface area contributed by atoms with Gasteiger partial charge in [0.05, 0.1) is 34.5 Å². The molecule has 2 saturated heterocycles. The lowest BCUT2D eigenvalue weighted by Gasteiger charge is -2.35. The van der Waals surface area contributed by atoms with Crippen LogP contribution in [-0.4, -0.2) is 82.9 Å². The quantitative estimate of drug-likeness (QED) is 0.575. The predicted molar refractivity (Wildman–Crippen MR) is 145 cm³/mol. The second kappa shape index (κ2) is 9.22. The summed E-state index contributed by atoms with van der Waals surface area (Å²) in [6.07, 6.45) is 1.05. The Hall–Kier alpha value is -2.67. The van der Waals surface area contributed by atoms with E-state index in [0.29, 0.717) is 17.8 Å². The molecule has 0 spiro atoms.